The number of aryl methyl sites for hydroxylation is 1. The van der Waals surface area contributed by atoms with Crippen molar-refractivity contribution in [3.05, 3.63) is 29.8 Å². The number of phenolic OH excluding ortho intramolecular Hbond substituents is 1. The van der Waals surface area contributed by atoms with Gasteiger partial charge < -0.3 is 16.2 Å². The van der Waals surface area contributed by atoms with Gasteiger partial charge in [0.15, 0.2) is 0 Å². The van der Waals surface area contributed by atoms with Crippen LogP contribution in [0.1, 0.15) is 25.3 Å². The molecule has 116 valence electrons. The minimum absolute atomic E-state index is 0.259. The monoisotopic (exact) mass is 291 g/mol. The topological polar surface area (TPSA) is 78.6 Å². The first-order valence-electron chi connectivity index (χ1n) is 7.56. The normalized spacial score (nSPS) is 19.7. The predicted molar refractivity (Wildman–Crippen MR) is 83.1 cm³/mol. The number of benzene rings is 1. The van der Waals surface area contributed by atoms with Gasteiger partial charge in [0.05, 0.1) is 5.54 Å². The van der Waals surface area contributed by atoms with Crippen LogP contribution in [0, 0.1) is 0 Å². The number of nitrogens with zero attached hydrogens (tertiary/aromatic N) is 1. The molecule has 5 heteroatoms. The molecule has 0 aliphatic carbocycles. The highest BCUT2D eigenvalue weighted by atomic mass is 16.3. The lowest BCUT2D eigenvalue weighted by atomic mass is 9.90. The summed E-state index contributed by atoms with van der Waals surface area (Å²) in [6, 6.07) is 7.13. The van der Waals surface area contributed by atoms with E-state index in [4.69, 9.17) is 5.73 Å². The summed E-state index contributed by atoms with van der Waals surface area (Å²) < 4.78 is 0. The maximum atomic E-state index is 12.0. The highest BCUT2D eigenvalue weighted by Crippen LogP contribution is 2.23. The summed E-state index contributed by atoms with van der Waals surface area (Å²) in [7, 11) is 0. The molecule has 1 fully saturated rings. The van der Waals surface area contributed by atoms with Crippen molar-refractivity contribution in [1.29, 1.82) is 0 Å². The van der Waals surface area contributed by atoms with E-state index in [9.17, 15) is 9.90 Å². The molecule has 0 radical (unpaired) electrons. The van der Waals surface area contributed by atoms with Gasteiger partial charge in [0, 0.05) is 19.6 Å². The molecule has 0 saturated carbocycles. The molecule has 1 amide bonds. The Hall–Kier alpha value is -1.59. The molecule has 1 unspecified atom stereocenters. The fraction of sp³-hybridized carbons (Fsp3) is 0.562. The van der Waals surface area contributed by atoms with E-state index in [1.165, 1.54) is 0 Å². The lowest BCUT2D eigenvalue weighted by Crippen LogP contribution is -2.56. The molecular weight excluding hydrogens is 266 g/mol. The van der Waals surface area contributed by atoms with Gasteiger partial charge in [-0.2, -0.15) is 0 Å². The fourth-order valence-corrected chi connectivity index (χ4v) is 2.83. The molecular formula is C16H25N3O2. The van der Waals surface area contributed by atoms with Gasteiger partial charge in [0.2, 0.25) is 5.91 Å². The molecule has 0 bridgehead atoms. The molecule has 1 atom stereocenters. The molecule has 2 rings (SSSR count). The number of primary amides is 1. The van der Waals surface area contributed by atoms with Gasteiger partial charge in [-0.15, -0.1) is 0 Å². The first-order valence-corrected chi connectivity index (χ1v) is 7.56. The smallest absolute Gasteiger partial charge is 0.237 e. The first-order chi connectivity index (χ1) is 10.0. The quantitative estimate of drug-likeness (QED) is 0.752. The van der Waals surface area contributed by atoms with Crippen LogP contribution in [0.5, 0.6) is 5.75 Å². The average molecular weight is 291 g/mol. The molecule has 1 aromatic rings. The van der Waals surface area contributed by atoms with Crippen LogP contribution in [0.25, 0.3) is 0 Å². The fourth-order valence-electron chi connectivity index (χ4n) is 2.83. The van der Waals surface area contributed by atoms with E-state index in [2.05, 4.69) is 10.2 Å². The van der Waals surface area contributed by atoms with E-state index in [0.717, 1.165) is 44.6 Å². The maximum Gasteiger partial charge on any atom is 0.237 e. The van der Waals surface area contributed by atoms with Crippen LogP contribution in [0.15, 0.2) is 24.3 Å². The molecule has 21 heavy (non-hydrogen) atoms. The summed E-state index contributed by atoms with van der Waals surface area (Å²) in [4.78, 5) is 14.2. The van der Waals surface area contributed by atoms with Crippen LogP contribution in [-0.2, 0) is 11.2 Å². The average Bonchev–Trinajstić information content (AvgIpc) is 2.75. The van der Waals surface area contributed by atoms with Gasteiger partial charge in [-0.25, -0.2) is 0 Å². The van der Waals surface area contributed by atoms with E-state index in [1.54, 1.807) is 12.1 Å². The summed E-state index contributed by atoms with van der Waals surface area (Å²) in [6.45, 7) is 5.56. The minimum Gasteiger partial charge on any atom is -0.508 e. The third-order valence-corrected chi connectivity index (χ3v) is 4.41. The van der Waals surface area contributed by atoms with Crippen LogP contribution in [0.2, 0.25) is 0 Å². The van der Waals surface area contributed by atoms with E-state index >= 15 is 0 Å². The van der Waals surface area contributed by atoms with Crippen molar-refractivity contribution in [3.8, 4) is 5.75 Å². The van der Waals surface area contributed by atoms with E-state index < -0.39 is 5.54 Å². The minimum atomic E-state index is -0.621. The second-order valence-electron chi connectivity index (χ2n) is 5.90. The van der Waals surface area contributed by atoms with Crippen LogP contribution in [0.4, 0.5) is 0 Å². The van der Waals surface area contributed by atoms with Crippen molar-refractivity contribution in [2.45, 2.75) is 31.7 Å². The molecule has 4 N–H and O–H groups in total. The molecule has 1 aliphatic rings. The number of phenols is 1. The van der Waals surface area contributed by atoms with Crippen molar-refractivity contribution in [1.82, 2.24) is 10.2 Å². The van der Waals surface area contributed by atoms with Crippen molar-refractivity contribution < 1.29 is 9.90 Å². The van der Waals surface area contributed by atoms with Crippen molar-refractivity contribution in [2.24, 2.45) is 5.73 Å². The zero-order valence-corrected chi connectivity index (χ0v) is 12.6. The molecule has 5 nitrogen and oxygen atoms in total. The van der Waals surface area contributed by atoms with E-state index in [0.29, 0.717) is 6.42 Å². The lowest BCUT2D eigenvalue weighted by molar-refractivity contribution is -0.129. The van der Waals surface area contributed by atoms with Gasteiger partial charge in [0.25, 0.3) is 0 Å². The van der Waals surface area contributed by atoms with Crippen LogP contribution >= 0.6 is 0 Å². The standard InChI is InChI=1S/C16H25N3O2/c1-16(15(17)21,19-11-2-9-18-10-12-19)8-7-13-3-5-14(20)6-4-13/h3-6,18,20H,2,7-12H2,1H3,(H2,17,21). The van der Waals surface area contributed by atoms with Crippen LogP contribution < -0.4 is 11.1 Å². The summed E-state index contributed by atoms with van der Waals surface area (Å²) >= 11 is 0. The van der Waals surface area contributed by atoms with Gasteiger partial charge in [0.1, 0.15) is 5.75 Å². The maximum absolute atomic E-state index is 12.0. The van der Waals surface area contributed by atoms with Crippen LogP contribution in [-0.4, -0.2) is 47.6 Å². The molecule has 1 aromatic carbocycles. The second-order valence-corrected chi connectivity index (χ2v) is 5.90. The van der Waals surface area contributed by atoms with Crippen molar-refractivity contribution in [2.75, 3.05) is 26.2 Å². The molecule has 0 aromatic heterocycles. The number of aromatic hydroxyl groups is 1. The Labute approximate surface area is 126 Å². The number of nitrogens with two attached hydrogens (primary N) is 1. The molecule has 1 heterocycles. The van der Waals surface area contributed by atoms with Gasteiger partial charge in [-0.05, 0) is 50.4 Å². The third-order valence-electron chi connectivity index (χ3n) is 4.41. The number of hydrogen-bond donors (Lipinski definition) is 3. The lowest BCUT2D eigenvalue weighted by Gasteiger charge is -2.38. The van der Waals surface area contributed by atoms with E-state index in [-0.39, 0.29) is 11.7 Å². The first kappa shape index (κ1) is 15.8. The Morgan fingerprint density at radius 2 is 2.05 bits per heavy atom. The Morgan fingerprint density at radius 3 is 2.71 bits per heavy atom. The third kappa shape index (κ3) is 3.95. The van der Waals surface area contributed by atoms with Gasteiger partial charge in [-0.3, -0.25) is 9.69 Å². The summed E-state index contributed by atoms with van der Waals surface area (Å²) in [6.07, 6.45) is 2.48. The van der Waals surface area contributed by atoms with Gasteiger partial charge >= 0.3 is 0 Å². The Kier molecular flexibility index (Phi) is 5.20. The number of hydrogen-bond acceptors (Lipinski definition) is 4. The van der Waals surface area contributed by atoms with E-state index in [1.807, 2.05) is 19.1 Å². The van der Waals surface area contributed by atoms with Crippen LogP contribution in [0.3, 0.4) is 0 Å². The number of carbonyl (C=O) groups is 1. The zero-order valence-electron chi connectivity index (χ0n) is 12.6. The Balaban J connectivity index is 2.06. The van der Waals surface area contributed by atoms with Gasteiger partial charge in [-0.1, -0.05) is 12.1 Å². The number of amides is 1. The molecule has 1 saturated heterocycles. The number of carbonyl (C=O) groups excluding carboxylic acids is 1. The summed E-state index contributed by atoms with van der Waals surface area (Å²) in [5.41, 5.74) is 6.18. The van der Waals surface area contributed by atoms with Crippen molar-refractivity contribution >= 4 is 5.91 Å². The highest BCUT2D eigenvalue weighted by Gasteiger charge is 2.37. The van der Waals surface area contributed by atoms with Crippen molar-refractivity contribution in [3.63, 3.8) is 0 Å². The molecule has 0 spiro atoms. The summed E-state index contributed by atoms with van der Waals surface area (Å²) in [5.74, 6) is -0.00168. The largest absolute Gasteiger partial charge is 0.508 e. The number of nitrogens with one attached hydrogen (secondary N) is 1. The summed E-state index contributed by atoms with van der Waals surface area (Å²) in [5, 5.41) is 12.7. The highest BCUT2D eigenvalue weighted by molar-refractivity contribution is 5.84. The second kappa shape index (κ2) is 6.91. The molecule has 1 aliphatic heterocycles. The number of rotatable bonds is 5. The Morgan fingerprint density at radius 1 is 1.33 bits per heavy atom. The SMILES string of the molecule is CC(CCc1ccc(O)cc1)(C(N)=O)N1CCCNCC1. The predicted octanol–water partition coefficient (Wildman–Crippen LogP) is 0.864. The zero-order chi connectivity index (χ0) is 15.3. The Bertz CT molecular complexity index is 467.